The Hall–Kier alpha value is -2.37. The van der Waals surface area contributed by atoms with Gasteiger partial charge in [0.05, 0.1) is 7.11 Å². The fraction of sp³-hybridized carbons (Fsp3) is 0.182. The van der Waals surface area contributed by atoms with Gasteiger partial charge in [-0.05, 0) is 23.8 Å². The highest BCUT2D eigenvalue weighted by molar-refractivity contribution is 5.88. The van der Waals surface area contributed by atoms with E-state index in [-0.39, 0.29) is 0 Å². The van der Waals surface area contributed by atoms with Crippen LogP contribution in [0.2, 0.25) is 0 Å². The average molecular weight is 233 g/mol. The molecule has 6 nitrogen and oxygen atoms in total. The maximum atomic E-state index is 10.4. The van der Waals surface area contributed by atoms with Crippen LogP contribution in [0.3, 0.4) is 0 Å². The van der Waals surface area contributed by atoms with Crippen LogP contribution < -0.4 is 4.74 Å². The molecular weight excluding hydrogens is 222 g/mol. The third-order valence-electron chi connectivity index (χ3n) is 2.33. The van der Waals surface area contributed by atoms with Gasteiger partial charge >= 0.3 is 5.97 Å². The molecule has 6 heteroatoms. The lowest BCUT2D eigenvalue weighted by Crippen LogP contribution is -1.93. The lowest BCUT2D eigenvalue weighted by Gasteiger charge is -2.03. The van der Waals surface area contributed by atoms with Crippen molar-refractivity contribution in [2.45, 2.75) is 0 Å². The van der Waals surface area contributed by atoms with E-state index in [1.165, 1.54) is 6.08 Å². The number of carboxylic acids is 1. The first-order valence-electron chi connectivity index (χ1n) is 4.90. The van der Waals surface area contributed by atoms with E-state index in [9.17, 15) is 4.79 Å². The summed E-state index contributed by atoms with van der Waals surface area (Å²) in [5.41, 5.74) is 2.15. The number of aliphatic carboxylic acids is 1. The van der Waals surface area contributed by atoms with Gasteiger partial charge in [-0.15, -0.1) is 5.10 Å². The molecule has 0 saturated heterocycles. The van der Waals surface area contributed by atoms with Crippen molar-refractivity contribution in [2.24, 2.45) is 7.05 Å². The van der Waals surface area contributed by atoms with Crippen LogP contribution in [-0.2, 0) is 11.8 Å². The normalized spacial score (nSPS) is 11.2. The summed E-state index contributed by atoms with van der Waals surface area (Å²) >= 11 is 0. The van der Waals surface area contributed by atoms with Gasteiger partial charge in [0.2, 0.25) is 0 Å². The molecule has 0 aliphatic carbocycles. The second-order valence-corrected chi connectivity index (χ2v) is 3.48. The first-order chi connectivity index (χ1) is 8.11. The van der Waals surface area contributed by atoms with Crippen LogP contribution in [-0.4, -0.2) is 33.2 Å². The Morgan fingerprint density at radius 2 is 2.29 bits per heavy atom. The van der Waals surface area contributed by atoms with Crippen LogP contribution in [0.5, 0.6) is 5.75 Å². The maximum Gasteiger partial charge on any atom is 0.328 e. The van der Waals surface area contributed by atoms with E-state index < -0.39 is 5.97 Å². The number of carboxylic acid groups (broad SMARTS) is 1. The van der Waals surface area contributed by atoms with Crippen LogP contribution in [0, 0.1) is 0 Å². The molecule has 0 saturated carbocycles. The average Bonchev–Trinajstić information content (AvgIpc) is 2.67. The number of benzene rings is 1. The van der Waals surface area contributed by atoms with E-state index in [1.54, 1.807) is 31.0 Å². The molecule has 0 unspecified atom stereocenters. The number of aromatic nitrogens is 3. The second kappa shape index (κ2) is 4.25. The van der Waals surface area contributed by atoms with Crippen molar-refractivity contribution < 1.29 is 14.6 Å². The monoisotopic (exact) mass is 233 g/mol. The second-order valence-electron chi connectivity index (χ2n) is 3.48. The van der Waals surface area contributed by atoms with Gasteiger partial charge in [0.1, 0.15) is 16.8 Å². The van der Waals surface area contributed by atoms with E-state index in [4.69, 9.17) is 9.84 Å². The third-order valence-corrected chi connectivity index (χ3v) is 2.33. The summed E-state index contributed by atoms with van der Waals surface area (Å²) in [6, 6.07) is 3.50. The van der Waals surface area contributed by atoms with Gasteiger partial charge < -0.3 is 9.84 Å². The van der Waals surface area contributed by atoms with Gasteiger partial charge in [-0.1, -0.05) is 5.21 Å². The first kappa shape index (κ1) is 11.1. The quantitative estimate of drug-likeness (QED) is 0.802. The highest BCUT2D eigenvalue weighted by Gasteiger charge is 2.09. The molecule has 0 aliphatic rings. The van der Waals surface area contributed by atoms with Crippen LogP contribution in [0.25, 0.3) is 17.1 Å². The number of hydrogen-bond acceptors (Lipinski definition) is 4. The summed E-state index contributed by atoms with van der Waals surface area (Å²) in [4.78, 5) is 10.4. The molecule has 0 amide bonds. The molecule has 1 N–H and O–H groups in total. The van der Waals surface area contributed by atoms with Crippen LogP contribution in [0.1, 0.15) is 5.56 Å². The van der Waals surface area contributed by atoms with Gasteiger partial charge in [0.25, 0.3) is 0 Å². The SMILES string of the molecule is COc1cc(/C=C/C(=O)O)cc2nnn(C)c12. The van der Waals surface area contributed by atoms with Gasteiger partial charge in [0, 0.05) is 13.1 Å². The molecular formula is C11H11N3O3. The molecule has 1 aromatic carbocycles. The smallest absolute Gasteiger partial charge is 0.328 e. The van der Waals surface area contributed by atoms with E-state index >= 15 is 0 Å². The van der Waals surface area contributed by atoms with Crippen molar-refractivity contribution in [3.8, 4) is 5.75 Å². The first-order valence-corrected chi connectivity index (χ1v) is 4.90. The Balaban J connectivity index is 2.57. The maximum absolute atomic E-state index is 10.4. The minimum atomic E-state index is -0.997. The molecule has 2 aromatic rings. The van der Waals surface area contributed by atoms with Crippen molar-refractivity contribution in [3.63, 3.8) is 0 Å². The fourth-order valence-corrected chi connectivity index (χ4v) is 1.59. The van der Waals surface area contributed by atoms with Crippen molar-refractivity contribution in [1.82, 2.24) is 15.0 Å². The Labute approximate surface area is 97.1 Å². The molecule has 0 spiro atoms. The summed E-state index contributed by atoms with van der Waals surface area (Å²) in [6.07, 6.45) is 2.55. The van der Waals surface area contributed by atoms with E-state index in [0.717, 1.165) is 11.6 Å². The number of nitrogens with zero attached hydrogens (tertiary/aromatic N) is 3. The van der Waals surface area contributed by atoms with Gasteiger partial charge in [-0.25, -0.2) is 9.48 Å². The molecule has 0 atom stereocenters. The summed E-state index contributed by atoms with van der Waals surface area (Å²) in [7, 11) is 3.32. The third kappa shape index (κ3) is 2.10. The predicted octanol–water partition coefficient (Wildman–Crippen LogP) is 1.07. The van der Waals surface area contributed by atoms with Crippen LogP contribution >= 0.6 is 0 Å². The minimum absolute atomic E-state index is 0.611. The fourth-order valence-electron chi connectivity index (χ4n) is 1.59. The molecule has 1 aromatic heterocycles. The summed E-state index contributed by atoms with van der Waals surface area (Å²) in [5, 5.41) is 16.4. The molecule has 1 heterocycles. The summed E-state index contributed by atoms with van der Waals surface area (Å²) in [5.74, 6) is -0.386. The molecule has 2 rings (SSSR count). The number of rotatable bonds is 3. The molecule has 0 bridgehead atoms. The number of hydrogen-bond donors (Lipinski definition) is 1. The minimum Gasteiger partial charge on any atom is -0.494 e. The standard InChI is InChI=1S/C11H11N3O3/c1-14-11-8(12-13-14)5-7(3-4-10(15)16)6-9(11)17-2/h3-6H,1-2H3,(H,15,16)/b4-3+. The molecule has 0 fully saturated rings. The molecule has 17 heavy (non-hydrogen) atoms. The van der Waals surface area contributed by atoms with E-state index in [1.807, 2.05) is 0 Å². The molecule has 88 valence electrons. The van der Waals surface area contributed by atoms with E-state index in [0.29, 0.717) is 16.8 Å². The van der Waals surface area contributed by atoms with Gasteiger partial charge in [-0.3, -0.25) is 0 Å². The van der Waals surface area contributed by atoms with Crippen molar-refractivity contribution in [1.29, 1.82) is 0 Å². The van der Waals surface area contributed by atoms with Crippen molar-refractivity contribution in [2.75, 3.05) is 7.11 Å². The number of fused-ring (bicyclic) bond motifs is 1. The molecule has 0 radical (unpaired) electrons. The zero-order chi connectivity index (χ0) is 12.4. The highest BCUT2D eigenvalue weighted by atomic mass is 16.5. The predicted molar refractivity (Wildman–Crippen MR) is 61.7 cm³/mol. The number of aryl methyl sites for hydroxylation is 1. The van der Waals surface area contributed by atoms with Crippen LogP contribution in [0.15, 0.2) is 18.2 Å². The number of methoxy groups -OCH3 is 1. The Kier molecular flexibility index (Phi) is 2.78. The van der Waals surface area contributed by atoms with Crippen molar-refractivity contribution in [3.05, 3.63) is 23.8 Å². The number of ether oxygens (including phenoxy) is 1. The summed E-state index contributed by atoms with van der Waals surface area (Å²) in [6.45, 7) is 0. The summed E-state index contributed by atoms with van der Waals surface area (Å²) < 4.78 is 6.84. The topological polar surface area (TPSA) is 77.2 Å². The molecule has 0 aliphatic heterocycles. The van der Waals surface area contributed by atoms with E-state index in [2.05, 4.69) is 10.3 Å². The Bertz CT molecular complexity index is 601. The largest absolute Gasteiger partial charge is 0.494 e. The zero-order valence-corrected chi connectivity index (χ0v) is 9.41. The zero-order valence-electron chi connectivity index (χ0n) is 9.41. The lowest BCUT2D eigenvalue weighted by molar-refractivity contribution is -0.131. The Morgan fingerprint density at radius 3 is 2.94 bits per heavy atom. The van der Waals surface area contributed by atoms with Gasteiger partial charge in [-0.2, -0.15) is 0 Å². The highest BCUT2D eigenvalue weighted by Crippen LogP contribution is 2.25. The Morgan fingerprint density at radius 1 is 1.53 bits per heavy atom. The lowest BCUT2D eigenvalue weighted by atomic mass is 10.1. The van der Waals surface area contributed by atoms with Gasteiger partial charge in [0.15, 0.2) is 0 Å². The van der Waals surface area contributed by atoms with Crippen molar-refractivity contribution >= 4 is 23.1 Å². The number of carbonyl (C=O) groups is 1. The van der Waals surface area contributed by atoms with Crippen LogP contribution in [0.4, 0.5) is 0 Å².